The van der Waals surface area contributed by atoms with Crippen molar-refractivity contribution in [3.8, 4) is 5.75 Å². The molecule has 41 heavy (non-hydrogen) atoms. The molecule has 1 aromatic heterocycles. The number of aromatic nitrogens is 2. The number of para-hydroxylation sites is 1. The molecule has 2 aliphatic heterocycles. The summed E-state index contributed by atoms with van der Waals surface area (Å²) in [6.45, 7) is 10.9. The molecule has 0 amide bonds. The minimum absolute atomic E-state index is 0.500. The largest absolute Gasteiger partial charge is 0.494 e. The molecular formula is C32H44BrN7O. The number of hydrogen-bond acceptors (Lipinski definition) is 8. The first kappa shape index (κ1) is 29.6. The molecule has 3 N–H and O–H groups in total. The van der Waals surface area contributed by atoms with E-state index in [0.29, 0.717) is 17.7 Å². The average Bonchev–Trinajstić information content (AvgIpc) is 3.00. The lowest BCUT2D eigenvalue weighted by Crippen LogP contribution is -2.46. The Labute approximate surface area is 253 Å². The highest BCUT2D eigenvalue weighted by Crippen LogP contribution is 2.34. The molecule has 0 atom stereocenters. The Morgan fingerprint density at radius 1 is 0.976 bits per heavy atom. The van der Waals surface area contributed by atoms with Gasteiger partial charge < -0.3 is 30.5 Å². The van der Waals surface area contributed by atoms with Gasteiger partial charge in [-0.1, -0.05) is 38.5 Å². The van der Waals surface area contributed by atoms with Gasteiger partial charge in [-0.25, -0.2) is 4.98 Å². The van der Waals surface area contributed by atoms with Crippen LogP contribution < -0.4 is 25.6 Å². The van der Waals surface area contributed by atoms with Crippen LogP contribution in [-0.2, 0) is 6.54 Å². The molecule has 0 spiro atoms. The van der Waals surface area contributed by atoms with Crippen LogP contribution in [0, 0.1) is 5.92 Å². The summed E-state index contributed by atoms with van der Waals surface area (Å²) in [5.74, 6) is 2.58. The van der Waals surface area contributed by atoms with Crippen molar-refractivity contribution in [1.29, 1.82) is 0 Å². The third-order valence-electron chi connectivity index (χ3n) is 8.05. The van der Waals surface area contributed by atoms with Gasteiger partial charge in [0.05, 0.1) is 17.3 Å². The quantitative estimate of drug-likeness (QED) is 0.213. The van der Waals surface area contributed by atoms with Crippen molar-refractivity contribution in [3.63, 3.8) is 0 Å². The molecule has 0 saturated carbocycles. The van der Waals surface area contributed by atoms with Crippen LogP contribution in [-0.4, -0.2) is 60.7 Å². The van der Waals surface area contributed by atoms with E-state index in [1.165, 1.54) is 56.4 Å². The van der Waals surface area contributed by atoms with E-state index in [1.807, 2.05) is 6.07 Å². The van der Waals surface area contributed by atoms with Gasteiger partial charge in [0.15, 0.2) is 0 Å². The number of nitrogens with one attached hydrogen (secondary N) is 3. The van der Waals surface area contributed by atoms with Crippen LogP contribution in [0.15, 0.2) is 53.1 Å². The second kappa shape index (κ2) is 14.3. The summed E-state index contributed by atoms with van der Waals surface area (Å²) in [6.07, 6.45) is 8.32. The molecule has 8 nitrogen and oxygen atoms in total. The van der Waals surface area contributed by atoms with Crippen molar-refractivity contribution in [2.24, 2.45) is 5.92 Å². The molecule has 9 heteroatoms. The zero-order valence-corrected chi connectivity index (χ0v) is 26.2. The number of benzene rings is 2. The first-order chi connectivity index (χ1) is 20.0. The Morgan fingerprint density at radius 3 is 2.51 bits per heavy atom. The molecule has 2 aliphatic rings. The van der Waals surface area contributed by atoms with Crippen LogP contribution in [0.2, 0.25) is 0 Å². The maximum atomic E-state index is 5.80. The summed E-state index contributed by atoms with van der Waals surface area (Å²) in [4.78, 5) is 14.5. The molecule has 220 valence electrons. The van der Waals surface area contributed by atoms with E-state index < -0.39 is 0 Å². The van der Waals surface area contributed by atoms with Gasteiger partial charge in [-0.3, -0.25) is 0 Å². The smallest absolute Gasteiger partial charge is 0.229 e. The Morgan fingerprint density at radius 2 is 1.76 bits per heavy atom. The summed E-state index contributed by atoms with van der Waals surface area (Å²) in [6, 6.07) is 15.4. The lowest BCUT2D eigenvalue weighted by Gasteiger charge is -2.41. The molecule has 0 radical (unpaired) electrons. The number of piperidine rings is 2. The fraction of sp³-hybridized carbons (Fsp3) is 0.500. The second-order valence-electron chi connectivity index (χ2n) is 11.5. The van der Waals surface area contributed by atoms with E-state index in [2.05, 4.69) is 96.9 Å². The third-order valence-corrected chi connectivity index (χ3v) is 8.63. The predicted molar refractivity (Wildman–Crippen MR) is 173 cm³/mol. The fourth-order valence-corrected chi connectivity index (χ4v) is 6.10. The average molecular weight is 623 g/mol. The van der Waals surface area contributed by atoms with Crippen molar-refractivity contribution < 1.29 is 4.74 Å². The van der Waals surface area contributed by atoms with Gasteiger partial charge in [0.1, 0.15) is 11.6 Å². The SMILES string of the molecule is COc1cc(N2CCC(N3CCCCC3)CC2)ccc1Nc1ncc(Br)c(Nc2ccccc2CNCC(C)C)n1. The van der Waals surface area contributed by atoms with E-state index in [0.717, 1.165) is 53.8 Å². The fourth-order valence-electron chi connectivity index (χ4n) is 5.81. The highest BCUT2D eigenvalue weighted by atomic mass is 79.9. The highest BCUT2D eigenvalue weighted by Gasteiger charge is 2.26. The molecule has 0 bridgehead atoms. The van der Waals surface area contributed by atoms with Gasteiger partial charge >= 0.3 is 0 Å². The van der Waals surface area contributed by atoms with Gasteiger partial charge in [0.25, 0.3) is 0 Å². The number of nitrogens with zero attached hydrogens (tertiary/aromatic N) is 4. The number of anilines is 5. The number of methoxy groups -OCH3 is 1. The Bertz CT molecular complexity index is 1270. The van der Waals surface area contributed by atoms with E-state index in [1.54, 1.807) is 13.3 Å². The van der Waals surface area contributed by atoms with Crippen molar-refractivity contribution in [2.75, 3.05) is 55.4 Å². The third kappa shape index (κ3) is 7.90. The van der Waals surface area contributed by atoms with E-state index in [4.69, 9.17) is 9.72 Å². The molecule has 2 aromatic carbocycles. The van der Waals surface area contributed by atoms with Crippen LogP contribution in [0.4, 0.5) is 28.8 Å². The predicted octanol–water partition coefficient (Wildman–Crippen LogP) is 6.94. The van der Waals surface area contributed by atoms with Crippen molar-refractivity contribution >= 4 is 44.8 Å². The minimum atomic E-state index is 0.500. The van der Waals surface area contributed by atoms with E-state index in [9.17, 15) is 0 Å². The molecule has 3 aromatic rings. The van der Waals surface area contributed by atoms with Crippen LogP contribution in [0.5, 0.6) is 5.75 Å². The minimum Gasteiger partial charge on any atom is -0.494 e. The monoisotopic (exact) mass is 621 g/mol. The lowest BCUT2D eigenvalue weighted by atomic mass is 9.99. The summed E-state index contributed by atoms with van der Waals surface area (Å²) in [7, 11) is 1.71. The van der Waals surface area contributed by atoms with Gasteiger partial charge in [0, 0.05) is 49.3 Å². The van der Waals surface area contributed by atoms with Crippen molar-refractivity contribution in [1.82, 2.24) is 20.2 Å². The van der Waals surface area contributed by atoms with Crippen molar-refractivity contribution in [3.05, 3.63) is 58.7 Å². The number of hydrogen-bond donors (Lipinski definition) is 3. The summed E-state index contributed by atoms with van der Waals surface area (Å²) < 4.78 is 6.59. The van der Waals surface area contributed by atoms with Crippen LogP contribution >= 0.6 is 15.9 Å². The zero-order chi connectivity index (χ0) is 28.6. The maximum Gasteiger partial charge on any atom is 0.229 e. The first-order valence-electron chi connectivity index (χ1n) is 15.0. The standard InChI is InChI=1S/C32H44BrN7O/c1-23(2)20-34-21-24-9-5-6-10-28(24)36-31-27(33)22-35-32(38-31)37-29-12-11-26(19-30(29)41-3)40-17-13-25(14-18-40)39-15-7-4-8-16-39/h5-6,9-12,19,22-23,25,34H,4,7-8,13-18,20-21H2,1-3H3,(H2,35,36,37,38). The van der Waals surface area contributed by atoms with Gasteiger partial charge in [0.2, 0.25) is 5.95 Å². The summed E-state index contributed by atoms with van der Waals surface area (Å²) in [5.41, 5.74) is 4.24. The second-order valence-corrected chi connectivity index (χ2v) is 12.4. The van der Waals surface area contributed by atoms with Crippen LogP contribution in [0.25, 0.3) is 0 Å². The van der Waals surface area contributed by atoms with Crippen molar-refractivity contribution in [2.45, 2.75) is 58.5 Å². The lowest BCUT2D eigenvalue weighted by molar-refractivity contribution is 0.141. The number of ether oxygens (including phenoxy) is 1. The molecule has 0 unspecified atom stereocenters. The van der Waals surface area contributed by atoms with Gasteiger partial charge in [-0.15, -0.1) is 0 Å². The molecule has 0 aliphatic carbocycles. The maximum absolute atomic E-state index is 5.80. The molecule has 5 rings (SSSR count). The molecule has 2 saturated heterocycles. The first-order valence-corrected chi connectivity index (χ1v) is 15.8. The summed E-state index contributed by atoms with van der Waals surface area (Å²) in [5, 5.41) is 10.4. The van der Waals surface area contributed by atoms with E-state index >= 15 is 0 Å². The van der Waals surface area contributed by atoms with Crippen LogP contribution in [0.3, 0.4) is 0 Å². The molecular weight excluding hydrogens is 578 g/mol. The topological polar surface area (TPSA) is 77.6 Å². The van der Waals surface area contributed by atoms with Gasteiger partial charge in [-0.2, -0.15) is 4.98 Å². The van der Waals surface area contributed by atoms with Crippen LogP contribution in [0.1, 0.15) is 51.5 Å². The van der Waals surface area contributed by atoms with Gasteiger partial charge in [-0.05, 0) is 90.9 Å². The Hall–Kier alpha value is -2.88. The number of likely N-dealkylation sites (tertiary alicyclic amines) is 1. The summed E-state index contributed by atoms with van der Waals surface area (Å²) >= 11 is 3.62. The molecule has 3 heterocycles. The zero-order valence-electron chi connectivity index (χ0n) is 24.6. The number of halogens is 1. The normalized spacial score (nSPS) is 16.7. The Kier molecular flexibility index (Phi) is 10.4. The number of rotatable bonds is 11. The van der Waals surface area contributed by atoms with E-state index in [-0.39, 0.29) is 0 Å². The highest BCUT2D eigenvalue weighted by molar-refractivity contribution is 9.10. The Balaban J connectivity index is 1.24. The molecule has 2 fully saturated rings.